The van der Waals surface area contributed by atoms with Crippen LogP contribution in [0.25, 0.3) is 0 Å². The smallest absolute Gasteiger partial charge is 0.176 e. The zero-order chi connectivity index (χ0) is 13.7. The molecule has 1 saturated heterocycles. The number of carbonyl (C=O) groups excluding carboxylic acids is 1. The fourth-order valence-electron chi connectivity index (χ4n) is 2.42. The van der Waals surface area contributed by atoms with Gasteiger partial charge in [-0.15, -0.1) is 0 Å². The van der Waals surface area contributed by atoms with Gasteiger partial charge in [0, 0.05) is 25.3 Å². The third kappa shape index (κ3) is 4.33. The summed E-state index contributed by atoms with van der Waals surface area (Å²) in [5.74, 6) is 0.910. The van der Waals surface area contributed by atoms with E-state index >= 15 is 0 Å². The van der Waals surface area contributed by atoms with E-state index in [1.807, 2.05) is 7.05 Å². The monoisotopic (exact) mass is 263 g/mol. The van der Waals surface area contributed by atoms with Gasteiger partial charge in [-0.1, -0.05) is 0 Å². The molecule has 2 rings (SSSR count). The molecule has 1 aromatic rings. The summed E-state index contributed by atoms with van der Waals surface area (Å²) in [6.45, 7) is 3.03. The lowest BCUT2D eigenvalue weighted by molar-refractivity contribution is 0.0549. The lowest BCUT2D eigenvalue weighted by atomic mass is 9.99. The van der Waals surface area contributed by atoms with Crippen molar-refractivity contribution in [3.8, 4) is 5.75 Å². The maximum atomic E-state index is 12.1. The van der Waals surface area contributed by atoms with Crippen LogP contribution in [0.5, 0.6) is 5.75 Å². The molecule has 0 bridgehead atoms. The Morgan fingerprint density at radius 1 is 1.32 bits per heavy atom. The van der Waals surface area contributed by atoms with E-state index in [0.717, 1.165) is 32.6 Å². The molecule has 0 atom stereocenters. The van der Waals surface area contributed by atoms with E-state index in [0.29, 0.717) is 18.0 Å². The molecule has 1 aliphatic heterocycles. The number of nitrogens with zero attached hydrogens (tertiary/aromatic N) is 1. The average molecular weight is 263 g/mol. The zero-order valence-electron chi connectivity index (χ0n) is 11.3. The first kappa shape index (κ1) is 14.0. The summed E-state index contributed by atoms with van der Waals surface area (Å²) in [6.07, 6.45) is 2.16. The van der Waals surface area contributed by atoms with E-state index in [-0.39, 0.29) is 11.5 Å². The molecule has 0 amide bonds. The first-order chi connectivity index (χ1) is 9.15. The third-order valence-electron chi connectivity index (χ3n) is 3.51. The quantitative estimate of drug-likeness (QED) is 0.825. The molecule has 1 N–H and O–H groups in total. The van der Waals surface area contributed by atoms with Gasteiger partial charge >= 0.3 is 0 Å². The van der Waals surface area contributed by atoms with Crippen LogP contribution in [-0.2, 0) is 4.74 Å². The third-order valence-corrected chi connectivity index (χ3v) is 3.51. The van der Waals surface area contributed by atoms with Crippen molar-refractivity contribution < 1.29 is 14.6 Å². The topological polar surface area (TPSA) is 49.8 Å². The van der Waals surface area contributed by atoms with Crippen LogP contribution < -0.4 is 0 Å². The standard InChI is InChI=1S/C15H21NO3/c1-16(10-12-6-8-19-9-7-12)11-15(18)13-2-4-14(17)5-3-13/h2-5,12,17H,6-11H2,1H3. The predicted molar refractivity (Wildman–Crippen MR) is 73.5 cm³/mol. The normalized spacial score (nSPS) is 16.7. The highest BCUT2D eigenvalue weighted by Gasteiger charge is 2.17. The Bertz CT molecular complexity index is 410. The van der Waals surface area contributed by atoms with Gasteiger partial charge < -0.3 is 9.84 Å². The van der Waals surface area contributed by atoms with Crippen LogP contribution in [0, 0.1) is 5.92 Å². The Morgan fingerprint density at radius 3 is 2.58 bits per heavy atom. The van der Waals surface area contributed by atoms with Crippen LogP contribution >= 0.6 is 0 Å². The highest BCUT2D eigenvalue weighted by Crippen LogP contribution is 2.16. The number of rotatable bonds is 5. The van der Waals surface area contributed by atoms with E-state index in [2.05, 4.69) is 4.90 Å². The van der Waals surface area contributed by atoms with Crippen LogP contribution in [0.3, 0.4) is 0 Å². The Morgan fingerprint density at radius 2 is 1.95 bits per heavy atom. The molecule has 1 fully saturated rings. The second-order valence-electron chi connectivity index (χ2n) is 5.22. The van der Waals surface area contributed by atoms with E-state index < -0.39 is 0 Å². The van der Waals surface area contributed by atoms with Crippen molar-refractivity contribution in [1.29, 1.82) is 0 Å². The number of hydrogen-bond acceptors (Lipinski definition) is 4. The van der Waals surface area contributed by atoms with Gasteiger partial charge in [0.15, 0.2) is 5.78 Å². The molecule has 0 spiro atoms. The van der Waals surface area contributed by atoms with Crippen LogP contribution in [0.15, 0.2) is 24.3 Å². The van der Waals surface area contributed by atoms with Crippen molar-refractivity contribution in [2.24, 2.45) is 5.92 Å². The number of carbonyl (C=O) groups is 1. The molecule has 0 unspecified atom stereocenters. The van der Waals surface area contributed by atoms with Gasteiger partial charge in [0.2, 0.25) is 0 Å². The van der Waals surface area contributed by atoms with Crippen molar-refractivity contribution in [2.75, 3.05) is 33.4 Å². The number of Topliss-reactive ketones (excluding diaryl/α,β-unsaturated/α-hetero) is 1. The summed E-state index contributed by atoms with van der Waals surface area (Å²) in [5, 5.41) is 9.20. The van der Waals surface area contributed by atoms with E-state index in [1.165, 1.54) is 0 Å². The van der Waals surface area contributed by atoms with Gasteiger partial charge in [0.25, 0.3) is 0 Å². The number of phenols is 1. The summed E-state index contributed by atoms with van der Waals surface area (Å²) in [7, 11) is 1.98. The number of ether oxygens (including phenoxy) is 1. The number of benzene rings is 1. The average Bonchev–Trinajstić information content (AvgIpc) is 2.40. The molecule has 1 aromatic carbocycles. The molecule has 19 heavy (non-hydrogen) atoms. The Balaban J connectivity index is 1.82. The minimum absolute atomic E-state index is 0.0922. The van der Waals surface area contributed by atoms with Crippen molar-refractivity contribution in [3.05, 3.63) is 29.8 Å². The van der Waals surface area contributed by atoms with Crippen molar-refractivity contribution in [3.63, 3.8) is 0 Å². The summed E-state index contributed by atoms with van der Waals surface area (Å²) in [4.78, 5) is 14.1. The summed E-state index contributed by atoms with van der Waals surface area (Å²) in [5.41, 5.74) is 0.650. The van der Waals surface area contributed by atoms with Gasteiger partial charge in [-0.25, -0.2) is 0 Å². The van der Waals surface area contributed by atoms with Gasteiger partial charge in [0.1, 0.15) is 5.75 Å². The molecule has 0 aromatic heterocycles. The molecule has 1 aliphatic rings. The molecule has 4 heteroatoms. The van der Waals surface area contributed by atoms with Crippen LogP contribution in [0.4, 0.5) is 0 Å². The molecule has 104 valence electrons. The number of hydrogen-bond donors (Lipinski definition) is 1. The fourth-order valence-corrected chi connectivity index (χ4v) is 2.42. The maximum Gasteiger partial charge on any atom is 0.176 e. The number of phenolic OH excluding ortho intramolecular Hbond substituents is 1. The SMILES string of the molecule is CN(CC(=O)c1ccc(O)cc1)CC1CCOCC1. The van der Waals surface area contributed by atoms with Gasteiger partial charge in [-0.2, -0.15) is 0 Å². The van der Waals surface area contributed by atoms with Gasteiger partial charge in [0.05, 0.1) is 6.54 Å². The Labute approximate surface area is 114 Å². The summed E-state index contributed by atoms with van der Waals surface area (Å²) in [6, 6.07) is 6.43. The second kappa shape index (κ2) is 6.68. The predicted octanol–water partition coefficient (Wildman–Crippen LogP) is 1.93. The molecule has 0 radical (unpaired) electrons. The second-order valence-corrected chi connectivity index (χ2v) is 5.22. The van der Waals surface area contributed by atoms with E-state index in [4.69, 9.17) is 4.74 Å². The molecule has 1 heterocycles. The zero-order valence-corrected chi connectivity index (χ0v) is 11.3. The highest BCUT2D eigenvalue weighted by molar-refractivity contribution is 5.97. The van der Waals surface area contributed by atoms with Gasteiger partial charge in [-0.05, 0) is 50.1 Å². The van der Waals surface area contributed by atoms with E-state index in [1.54, 1.807) is 24.3 Å². The van der Waals surface area contributed by atoms with E-state index in [9.17, 15) is 9.90 Å². The highest BCUT2D eigenvalue weighted by atomic mass is 16.5. The first-order valence-corrected chi connectivity index (χ1v) is 6.73. The number of ketones is 1. The summed E-state index contributed by atoms with van der Waals surface area (Å²) < 4.78 is 5.33. The maximum absolute atomic E-state index is 12.1. The molecular weight excluding hydrogens is 242 g/mol. The van der Waals surface area contributed by atoms with Crippen molar-refractivity contribution >= 4 is 5.78 Å². The van der Waals surface area contributed by atoms with Crippen LogP contribution in [-0.4, -0.2) is 49.1 Å². The number of likely N-dealkylation sites (N-methyl/N-ethyl adjacent to an activating group) is 1. The van der Waals surface area contributed by atoms with Crippen LogP contribution in [0.1, 0.15) is 23.2 Å². The Kier molecular flexibility index (Phi) is 4.93. The molecule has 0 saturated carbocycles. The molecule has 0 aliphatic carbocycles. The lowest BCUT2D eigenvalue weighted by Gasteiger charge is -2.26. The Hall–Kier alpha value is -1.39. The fraction of sp³-hybridized carbons (Fsp3) is 0.533. The molecular formula is C15H21NO3. The minimum atomic E-state index is 0.0922. The largest absolute Gasteiger partial charge is 0.508 e. The van der Waals surface area contributed by atoms with Crippen LogP contribution in [0.2, 0.25) is 0 Å². The minimum Gasteiger partial charge on any atom is -0.508 e. The number of aromatic hydroxyl groups is 1. The lowest BCUT2D eigenvalue weighted by Crippen LogP contribution is -2.33. The van der Waals surface area contributed by atoms with Crippen molar-refractivity contribution in [2.45, 2.75) is 12.8 Å². The molecule has 4 nitrogen and oxygen atoms in total. The van der Waals surface area contributed by atoms with Crippen molar-refractivity contribution in [1.82, 2.24) is 4.90 Å². The van der Waals surface area contributed by atoms with Gasteiger partial charge in [-0.3, -0.25) is 9.69 Å². The first-order valence-electron chi connectivity index (χ1n) is 6.73. The summed E-state index contributed by atoms with van der Waals surface area (Å²) >= 11 is 0.